The van der Waals surface area contributed by atoms with Crippen molar-refractivity contribution in [3.63, 3.8) is 0 Å². The summed E-state index contributed by atoms with van der Waals surface area (Å²) in [5, 5.41) is 6.32. The number of sulfonamides is 1. The molecule has 0 unspecified atom stereocenters. The molecule has 6 nitrogen and oxygen atoms in total. The Morgan fingerprint density at radius 2 is 1.95 bits per heavy atom. The lowest BCUT2D eigenvalue weighted by molar-refractivity contribution is 0.600. The molecule has 2 aromatic rings. The number of rotatable bonds is 4. The topological polar surface area (TPSA) is 78.1 Å². The molecule has 1 aromatic heterocycles. The molecule has 0 atom stereocenters. The van der Waals surface area contributed by atoms with Crippen LogP contribution in [0.5, 0.6) is 0 Å². The molecule has 20 heavy (non-hydrogen) atoms. The van der Waals surface area contributed by atoms with Crippen molar-refractivity contribution < 1.29 is 8.42 Å². The van der Waals surface area contributed by atoms with Crippen molar-refractivity contribution in [1.82, 2.24) is 10.2 Å². The van der Waals surface area contributed by atoms with Gasteiger partial charge in [-0.25, -0.2) is 8.42 Å². The van der Waals surface area contributed by atoms with E-state index < -0.39 is 10.0 Å². The van der Waals surface area contributed by atoms with E-state index in [-0.39, 0.29) is 10.7 Å². The van der Waals surface area contributed by atoms with E-state index >= 15 is 0 Å². The molecule has 0 aliphatic carbocycles. The quantitative estimate of drug-likeness (QED) is 0.792. The lowest BCUT2D eigenvalue weighted by Crippen LogP contribution is -2.16. The van der Waals surface area contributed by atoms with Crippen LogP contribution in [0.25, 0.3) is 0 Å². The van der Waals surface area contributed by atoms with Gasteiger partial charge >= 0.3 is 0 Å². The minimum Gasteiger partial charge on any atom is -0.378 e. The maximum absolute atomic E-state index is 12.4. The zero-order chi connectivity index (χ0) is 14.9. The highest BCUT2D eigenvalue weighted by Crippen LogP contribution is 2.29. The number of aromatic nitrogens is 2. The van der Waals surface area contributed by atoms with Gasteiger partial charge in [-0.05, 0) is 50.1 Å². The zero-order valence-corrected chi connectivity index (χ0v) is 14.7. The van der Waals surface area contributed by atoms with Gasteiger partial charge in [-0.15, -0.1) is 0 Å². The first-order valence-corrected chi connectivity index (χ1v) is 8.57. The van der Waals surface area contributed by atoms with E-state index in [1.807, 2.05) is 25.1 Å². The lowest BCUT2D eigenvalue weighted by Gasteiger charge is -2.15. The fourth-order valence-electron chi connectivity index (χ4n) is 1.51. The molecular weight excluding hydrogens is 412 g/mol. The number of hydrogen-bond acceptors (Lipinski definition) is 4. The van der Waals surface area contributed by atoms with Crippen LogP contribution in [0.2, 0.25) is 0 Å². The summed E-state index contributed by atoms with van der Waals surface area (Å²) in [5.41, 5.74) is 0.789. The largest absolute Gasteiger partial charge is 0.378 e. The number of H-pyrrole nitrogens is 1. The second kappa shape index (κ2) is 5.74. The number of benzene rings is 1. The summed E-state index contributed by atoms with van der Waals surface area (Å²) in [6.45, 7) is 0. The van der Waals surface area contributed by atoms with Crippen LogP contribution in [0.1, 0.15) is 0 Å². The standard InChI is InChI=1S/C11H12Br2N4O2S/c1-17(2)7-3-4-8(12)10(5-7)20(18,19)16-11-9(13)6-14-15-11/h3-6H,1-2H3,(H2,14,15,16). The molecule has 2 rings (SSSR count). The fraction of sp³-hybridized carbons (Fsp3) is 0.182. The number of hydrogen-bond donors (Lipinski definition) is 2. The van der Waals surface area contributed by atoms with Crippen molar-refractivity contribution in [1.29, 1.82) is 0 Å². The van der Waals surface area contributed by atoms with Gasteiger partial charge in [0, 0.05) is 24.3 Å². The molecule has 2 N–H and O–H groups in total. The van der Waals surface area contributed by atoms with Crippen molar-refractivity contribution in [2.45, 2.75) is 4.90 Å². The predicted octanol–water partition coefficient (Wildman–Crippen LogP) is 2.80. The van der Waals surface area contributed by atoms with Gasteiger partial charge < -0.3 is 4.90 Å². The molecule has 9 heteroatoms. The van der Waals surface area contributed by atoms with Gasteiger partial charge in [0.25, 0.3) is 10.0 Å². The third-order valence-electron chi connectivity index (χ3n) is 2.55. The third kappa shape index (κ3) is 3.15. The van der Waals surface area contributed by atoms with Gasteiger partial charge in [0.2, 0.25) is 0 Å². The first kappa shape index (κ1) is 15.3. The highest BCUT2D eigenvalue weighted by atomic mass is 79.9. The van der Waals surface area contributed by atoms with Gasteiger partial charge in [0.05, 0.1) is 10.7 Å². The minimum atomic E-state index is -3.72. The van der Waals surface area contributed by atoms with Crippen molar-refractivity contribution in [2.75, 3.05) is 23.7 Å². The molecule has 0 saturated carbocycles. The number of aromatic amines is 1. The van der Waals surface area contributed by atoms with Gasteiger partial charge in [0.15, 0.2) is 0 Å². The maximum Gasteiger partial charge on any atom is 0.264 e. The van der Waals surface area contributed by atoms with Crippen LogP contribution < -0.4 is 9.62 Å². The van der Waals surface area contributed by atoms with E-state index in [0.29, 0.717) is 8.95 Å². The molecule has 0 bridgehead atoms. The fourth-order valence-corrected chi connectivity index (χ4v) is 3.95. The van der Waals surface area contributed by atoms with Gasteiger partial charge in [0.1, 0.15) is 10.7 Å². The Balaban J connectivity index is 2.44. The van der Waals surface area contributed by atoms with E-state index in [1.54, 1.807) is 12.1 Å². The van der Waals surface area contributed by atoms with Crippen LogP contribution in [0, 0.1) is 0 Å². The van der Waals surface area contributed by atoms with E-state index in [4.69, 9.17) is 0 Å². The monoisotopic (exact) mass is 422 g/mol. The average Bonchev–Trinajstić information content (AvgIpc) is 2.74. The van der Waals surface area contributed by atoms with E-state index in [0.717, 1.165) is 5.69 Å². The molecule has 108 valence electrons. The van der Waals surface area contributed by atoms with Crippen LogP contribution in [-0.4, -0.2) is 32.7 Å². The summed E-state index contributed by atoms with van der Waals surface area (Å²) in [6.07, 6.45) is 1.48. The molecule has 0 amide bonds. The first-order valence-electron chi connectivity index (χ1n) is 5.50. The van der Waals surface area contributed by atoms with E-state index in [2.05, 4.69) is 46.8 Å². The summed E-state index contributed by atoms with van der Waals surface area (Å²) in [7, 11) is -0.0257. The highest BCUT2D eigenvalue weighted by Gasteiger charge is 2.20. The normalized spacial score (nSPS) is 11.4. The SMILES string of the molecule is CN(C)c1ccc(Br)c(S(=O)(=O)Nc2[nH]ncc2Br)c1. The van der Waals surface area contributed by atoms with Crippen LogP contribution in [-0.2, 0) is 10.0 Å². The summed E-state index contributed by atoms with van der Waals surface area (Å²) in [6, 6.07) is 5.12. The number of nitrogens with zero attached hydrogens (tertiary/aromatic N) is 2. The molecule has 0 aliphatic heterocycles. The van der Waals surface area contributed by atoms with E-state index in [1.165, 1.54) is 6.20 Å². The second-order valence-electron chi connectivity index (χ2n) is 4.21. The van der Waals surface area contributed by atoms with E-state index in [9.17, 15) is 8.42 Å². The highest BCUT2D eigenvalue weighted by molar-refractivity contribution is 9.11. The number of halogens is 2. The summed E-state index contributed by atoms with van der Waals surface area (Å²) in [4.78, 5) is 1.99. The molecule has 0 fully saturated rings. The van der Waals surface area contributed by atoms with Gasteiger partial charge in [-0.2, -0.15) is 5.10 Å². The second-order valence-corrected chi connectivity index (χ2v) is 7.57. The lowest BCUT2D eigenvalue weighted by atomic mass is 10.3. The number of anilines is 2. The molecule has 1 heterocycles. The van der Waals surface area contributed by atoms with Crippen LogP contribution >= 0.6 is 31.9 Å². The molecule has 0 spiro atoms. The minimum absolute atomic E-state index is 0.158. The average molecular weight is 424 g/mol. The molecule has 1 aromatic carbocycles. The zero-order valence-electron chi connectivity index (χ0n) is 10.7. The maximum atomic E-state index is 12.4. The number of nitrogens with one attached hydrogen (secondary N) is 2. The van der Waals surface area contributed by atoms with Crippen molar-refractivity contribution in [3.8, 4) is 0 Å². The third-order valence-corrected chi connectivity index (χ3v) is 5.50. The Labute approximate surface area is 133 Å². The Hall–Kier alpha value is -1.06. The molecular formula is C11H12Br2N4O2S. The molecule has 0 radical (unpaired) electrons. The van der Waals surface area contributed by atoms with Crippen molar-refractivity contribution in [2.24, 2.45) is 0 Å². The molecule has 0 saturated heterocycles. The van der Waals surface area contributed by atoms with Crippen LogP contribution in [0.3, 0.4) is 0 Å². The summed E-state index contributed by atoms with van der Waals surface area (Å²) >= 11 is 6.47. The predicted molar refractivity (Wildman–Crippen MR) is 85.6 cm³/mol. The van der Waals surface area contributed by atoms with Crippen molar-refractivity contribution >= 4 is 53.4 Å². The van der Waals surface area contributed by atoms with Gasteiger partial charge in [-0.3, -0.25) is 9.82 Å². The Kier molecular flexibility index (Phi) is 4.40. The Morgan fingerprint density at radius 1 is 1.25 bits per heavy atom. The smallest absolute Gasteiger partial charge is 0.264 e. The van der Waals surface area contributed by atoms with Gasteiger partial charge in [-0.1, -0.05) is 0 Å². The Morgan fingerprint density at radius 3 is 2.50 bits per heavy atom. The Bertz CT molecular complexity index is 728. The first-order chi connectivity index (χ1) is 9.31. The summed E-state index contributed by atoms with van der Waals surface area (Å²) < 4.78 is 28.3. The van der Waals surface area contributed by atoms with Crippen LogP contribution in [0.4, 0.5) is 11.5 Å². The molecule has 0 aliphatic rings. The van der Waals surface area contributed by atoms with Crippen molar-refractivity contribution in [3.05, 3.63) is 33.3 Å². The van der Waals surface area contributed by atoms with Crippen LogP contribution in [0.15, 0.2) is 38.2 Å². The summed E-state index contributed by atoms with van der Waals surface area (Å²) in [5.74, 6) is 0.284.